The number of hydrogen-bond acceptors (Lipinski definition) is 3. The zero-order valence-electron chi connectivity index (χ0n) is 11.7. The maximum atomic E-state index is 12.6. The molecule has 1 saturated heterocycles. The molecule has 1 fully saturated rings. The van der Waals surface area contributed by atoms with Crippen LogP contribution >= 0.6 is 0 Å². The second-order valence-corrected chi connectivity index (χ2v) is 5.09. The van der Waals surface area contributed by atoms with Crippen molar-refractivity contribution in [3.8, 4) is 0 Å². The van der Waals surface area contributed by atoms with Gasteiger partial charge in [-0.2, -0.15) is 5.10 Å². The summed E-state index contributed by atoms with van der Waals surface area (Å²) in [5, 5.41) is 7.00. The zero-order valence-corrected chi connectivity index (χ0v) is 11.7. The Balaban J connectivity index is 1.81. The Morgan fingerprint density at radius 2 is 2.00 bits per heavy atom. The van der Waals surface area contributed by atoms with Crippen LogP contribution in [0.4, 0.5) is 0 Å². The molecule has 1 aliphatic heterocycles. The van der Waals surface area contributed by atoms with Crippen molar-refractivity contribution in [3.63, 3.8) is 0 Å². The number of piperazine rings is 1. The van der Waals surface area contributed by atoms with Crippen LogP contribution in [0.15, 0.2) is 42.6 Å². The minimum atomic E-state index is -0.615. The summed E-state index contributed by atoms with van der Waals surface area (Å²) >= 11 is 0. The second-order valence-electron chi connectivity index (χ2n) is 5.09. The Bertz CT molecular complexity index is 665. The van der Waals surface area contributed by atoms with E-state index in [9.17, 15) is 9.59 Å². The van der Waals surface area contributed by atoms with Crippen LogP contribution in [0.2, 0.25) is 0 Å². The van der Waals surface area contributed by atoms with Crippen LogP contribution in [0.3, 0.4) is 0 Å². The van der Waals surface area contributed by atoms with E-state index in [1.807, 2.05) is 49.6 Å². The lowest BCUT2D eigenvalue weighted by atomic mass is 10.0. The van der Waals surface area contributed by atoms with Crippen molar-refractivity contribution in [1.82, 2.24) is 20.0 Å². The Morgan fingerprint density at radius 3 is 2.67 bits per heavy atom. The number of aromatic nitrogens is 2. The van der Waals surface area contributed by atoms with E-state index in [1.165, 1.54) is 0 Å². The van der Waals surface area contributed by atoms with E-state index in [4.69, 9.17) is 0 Å². The molecule has 0 bridgehead atoms. The molecular weight excluding hydrogens is 268 g/mol. The summed E-state index contributed by atoms with van der Waals surface area (Å²) in [5.41, 5.74) is 1.56. The lowest BCUT2D eigenvalue weighted by molar-refractivity contribution is -0.145. The number of rotatable bonds is 3. The molecule has 1 unspecified atom stereocenters. The van der Waals surface area contributed by atoms with Crippen LogP contribution in [0.1, 0.15) is 17.3 Å². The first kappa shape index (κ1) is 13.4. The van der Waals surface area contributed by atoms with Crippen molar-refractivity contribution < 1.29 is 9.59 Å². The monoisotopic (exact) mass is 284 g/mol. The minimum absolute atomic E-state index is 0.0682. The van der Waals surface area contributed by atoms with Gasteiger partial charge in [0.05, 0.1) is 12.2 Å². The van der Waals surface area contributed by atoms with Gasteiger partial charge in [0.2, 0.25) is 5.91 Å². The summed E-state index contributed by atoms with van der Waals surface area (Å²) in [5.74, 6) is -0.258. The van der Waals surface area contributed by atoms with E-state index in [2.05, 4.69) is 10.4 Å². The Kier molecular flexibility index (Phi) is 3.43. The van der Waals surface area contributed by atoms with E-state index in [-0.39, 0.29) is 18.4 Å². The highest BCUT2D eigenvalue weighted by Crippen LogP contribution is 2.20. The van der Waals surface area contributed by atoms with Gasteiger partial charge in [-0.25, -0.2) is 0 Å². The first-order valence-corrected chi connectivity index (χ1v) is 6.75. The Hall–Kier alpha value is -2.63. The van der Waals surface area contributed by atoms with E-state index in [0.29, 0.717) is 6.54 Å². The average molecular weight is 284 g/mol. The molecule has 1 N–H and O–H groups in total. The first-order chi connectivity index (χ1) is 10.1. The van der Waals surface area contributed by atoms with Gasteiger partial charge < -0.3 is 10.2 Å². The summed E-state index contributed by atoms with van der Waals surface area (Å²) in [6, 6.07) is 10.5. The van der Waals surface area contributed by atoms with Gasteiger partial charge in [-0.15, -0.1) is 0 Å². The van der Waals surface area contributed by atoms with Crippen LogP contribution in [-0.4, -0.2) is 33.0 Å². The van der Waals surface area contributed by atoms with Crippen molar-refractivity contribution >= 4 is 11.8 Å². The molecule has 108 valence electrons. The predicted octanol–water partition coefficient (Wildman–Crippen LogP) is 0.620. The van der Waals surface area contributed by atoms with Crippen molar-refractivity contribution in [2.45, 2.75) is 12.6 Å². The number of nitrogens with one attached hydrogen (secondary N) is 1. The number of hydrogen-bond donors (Lipinski definition) is 1. The van der Waals surface area contributed by atoms with Gasteiger partial charge in [-0.3, -0.25) is 14.3 Å². The normalized spacial score (nSPS) is 18.7. The fourth-order valence-corrected chi connectivity index (χ4v) is 2.45. The van der Waals surface area contributed by atoms with E-state index < -0.39 is 6.04 Å². The fraction of sp³-hybridized carbons (Fsp3) is 0.267. The molecule has 2 heterocycles. The highest BCUT2D eigenvalue weighted by Gasteiger charge is 2.33. The third-order valence-electron chi connectivity index (χ3n) is 3.45. The number of amides is 2. The van der Waals surface area contributed by atoms with E-state index in [0.717, 1.165) is 11.3 Å². The van der Waals surface area contributed by atoms with Gasteiger partial charge in [0, 0.05) is 13.2 Å². The van der Waals surface area contributed by atoms with Gasteiger partial charge in [0.1, 0.15) is 12.6 Å². The lowest BCUT2D eigenvalue weighted by Crippen LogP contribution is -2.52. The Labute approximate surface area is 122 Å². The third-order valence-corrected chi connectivity index (χ3v) is 3.45. The van der Waals surface area contributed by atoms with E-state index >= 15 is 0 Å². The largest absolute Gasteiger partial charge is 0.339 e. The summed E-state index contributed by atoms with van der Waals surface area (Å²) in [7, 11) is 1.82. The van der Waals surface area contributed by atoms with Crippen LogP contribution in [0, 0.1) is 0 Å². The van der Waals surface area contributed by atoms with Crippen LogP contribution in [0.25, 0.3) is 0 Å². The highest BCUT2D eigenvalue weighted by atomic mass is 16.2. The molecule has 1 atom stereocenters. The summed E-state index contributed by atoms with van der Waals surface area (Å²) in [4.78, 5) is 26.0. The van der Waals surface area contributed by atoms with Gasteiger partial charge in [-0.05, 0) is 11.6 Å². The average Bonchev–Trinajstić information content (AvgIpc) is 2.89. The summed E-state index contributed by atoms with van der Waals surface area (Å²) < 4.78 is 1.68. The zero-order chi connectivity index (χ0) is 14.8. The molecule has 6 heteroatoms. The molecule has 1 aromatic heterocycles. The SMILES string of the molecule is Cn1ccc(CN2CC(=O)NC(c3ccccc3)C2=O)n1. The van der Waals surface area contributed by atoms with Crippen molar-refractivity contribution in [3.05, 3.63) is 53.9 Å². The molecule has 0 radical (unpaired) electrons. The summed E-state index contributed by atoms with van der Waals surface area (Å²) in [6.45, 7) is 0.412. The van der Waals surface area contributed by atoms with Gasteiger partial charge in [0.25, 0.3) is 5.91 Å². The van der Waals surface area contributed by atoms with Gasteiger partial charge >= 0.3 is 0 Å². The van der Waals surface area contributed by atoms with E-state index in [1.54, 1.807) is 9.58 Å². The smallest absolute Gasteiger partial charge is 0.250 e. The number of benzene rings is 1. The number of nitrogens with zero attached hydrogens (tertiary/aromatic N) is 3. The number of carbonyl (C=O) groups is 2. The molecule has 6 nitrogen and oxygen atoms in total. The third kappa shape index (κ3) is 2.79. The van der Waals surface area contributed by atoms with Crippen LogP contribution in [-0.2, 0) is 23.2 Å². The Morgan fingerprint density at radius 1 is 1.24 bits per heavy atom. The van der Waals surface area contributed by atoms with Crippen molar-refractivity contribution in [1.29, 1.82) is 0 Å². The molecule has 0 saturated carbocycles. The minimum Gasteiger partial charge on any atom is -0.339 e. The van der Waals surface area contributed by atoms with Crippen LogP contribution in [0.5, 0.6) is 0 Å². The molecule has 1 aliphatic rings. The molecule has 0 aliphatic carbocycles. The summed E-state index contributed by atoms with van der Waals surface area (Å²) in [6.07, 6.45) is 1.82. The maximum absolute atomic E-state index is 12.6. The molecule has 2 amide bonds. The fourth-order valence-electron chi connectivity index (χ4n) is 2.45. The van der Waals surface area contributed by atoms with Crippen LogP contribution < -0.4 is 5.32 Å². The first-order valence-electron chi connectivity index (χ1n) is 6.75. The standard InChI is InChI=1S/C15H16N4O2/c1-18-8-7-12(17-18)9-19-10-13(20)16-14(15(19)21)11-5-3-2-4-6-11/h2-8,14H,9-10H2,1H3,(H,16,20). The maximum Gasteiger partial charge on any atom is 0.250 e. The molecular formula is C15H16N4O2. The lowest BCUT2D eigenvalue weighted by Gasteiger charge is -2.32. The predicted molar refractivity (Wildman–Crippen MR) is 76.0 cm³/mol. The molecule has 1 aromatic carbocycles. The molecule has 21 heavy (non-hydrogen) atoms. The van der Waals surface area contributed by atoms with Gasteiger partial charge in [-0.1, -0.05) is 30.3 Å². The second kappa shape index (κ2) is 5.40. The number of aryl methyl sites for hydroxylation is 1. The highest BCUT2D eigenvalue weighted by molar-refractivity contribution is 5.95. The number of carbonyl (C=O) groups excluding carboxylic acids is 2. The van der Waals surface area contributed by atoms with Crippen molar-refractivity contribution in [2.24, 2.45) is 7.05 Å². The quantitative estimate of drug-likeness (QED) is 0.898. The van der Waals surface area contributed by atoms with Crippen molar-refractivity contribution in [2.75, 3.05) is 6.54 Å². The molecule has 3 rings (SSSR count). The molecule has 0 spiro atoms. The topological polar surface area (TPSA) is 67.2 Å². The van der Waals surface area contributed by atoms with Gasteiger partial charge in [0.15, 0.2) is 0 Å². The molecule has 2 aromatic rings.